The van der Waals surface area contributed by atoms with Crippen LogP contribution in [0.25, 0.3) is 0 Å². The second-order valence-corrected chi connectivity index (χ2v) is 4.37. The molecule has 1 unspecified atom stereocenters. The summed E-state index contributed by atoms with van der Waals surface area (Å²) in [5, 5.41) is 2.93. The first-order valence-corrected chi connectivity index (χ1v) is 5.79. The van der Waals surface area contributed by atoms with Crippen LogP contribution in [0.5, 0.6) is 0 Å². The lowest BCUT2D eigenvalue weighted by Gasteiger charge is -2.14. The Kier molecular flexibility index (Phi) is 3.42. The number of amides is 2. The first-order valence-electron chi connectivity index (χ1n) is 5.79. The van der Waals surface area contributed by atoms with Crippen LogP contribution in [0, 0.1) is 0 Å². The molecule has 1 heterocycles. The van der Waals surface area contributed by atoms with Crippen molar-refractivity contribution in [2.45, 2.75) is 37.8 Å². The highest BCUT2D eigenvalue weighted by Crippen LogP contribution is 2.31. The fourth-order valence-corrected chi connectivity index (χ4v) is 1.98. The van der Waals surface area contributed by atoms with Gasteiger partial charge in [0, 0.05) is 12.6 Å². The number of nitrogens with zero attached hydrogens (tertiary/aromatic N) is 1. The number of imide groups is 1. The van der Waals surface area contributed by atoms with Gasteiger partial charge in [-0.15, -0.1) is 0 Å². The van der Waals surface area contributed by atoms with Crippen LogP contribution in [0.3, 0.4) is 0 Å². The van der Waals surface area contributed by atoms with Crippen LogP contribution in [0.1, 0.15) is 25.7 Å². The molecule has 2 aliphatic rings. The molecule has 1 atom stereocenters. The van der Waals surface area contributed by atoms with Crippen LogP contribution in [-0.4, -0.2) is 48.4 Å². The highest BCUT2D eigenvalue weighted by atomic mass is 16.5. The fourth-order valence-electron chi connectivity index (χ4n) is 1.98. The Bertz CT molecular complexity index is 351. The van der Waals surface area contributed by atoms with E-state index in [4.69, 9.17) is 0 Å². The van der Waals surface area contributed by atoms with Gasteiger partial charge in [-0.2, -0.15) is 0 Å². The molecule has 0 radical (unpaired) electrons. The summed E-state index contributed by atoms with van der Waals surface area (Å²) in [6, 6.07) is -0.338. The number of esters is 1. The number of rotatable bonds is 5. The molecule has 17 heavy (non-hydrogen) atoms. The Hall–Kier alpha value is -1.43. The van der Waals surface area contributed by atoms with E-state index in [2.05, 4.69) is 10.1 Å². The van der Waals surface area contributed by atoms with Crippen LogP contribution < -0.4 is 5.32 Å². The van der Waals surface area contributed by atoms with Crippen LogP contribution in [0.2, 0.25) is 0 Å². The molecule has 0 bridgehead atoms. The number of ether oxygens (including phenoxy) is 1. The average Bonchev–Trinajstić information content (AvgIpc) is 3.08. The Morgan fingerprint density at radius 1 is 1.47 bits per heavy atom. The van der Waals surface area contributed by atoms with E-state index in [1.807, 2.05) is 0 Å². The van der Waals surface area contributed by atoms with Gasteiger partial charge < -0.3 is 10.1 Å². The van der Waals surface area contributed by atoms with Crippen molar-refractivity contribution in [1.29, 1.82) is 0 Å². The first-order chi connectivity index (χ1) is 8.13. The summed E-state index contributed by atoms with van der Waals surface area (Å²) in [6.07, 6.45) is 2.26. The molecule has 0 aromatic carbocycles. The zero-order valence-corrected chi connectivity index (χ0v) is 9.77. The van der Waals surface area contributed by atoms with Crippen LogP contribution in [-0.2, 0) is 19.1 Å². The molecule has 2 rings (SSSR count). The number of likely N-dealkylation sites (tertiary alicyclic amines) is 1. The van der Waals surface area contributed by atoms with Gasteiger partial charge in [0.1, 0.15) is 0 Å². The Balaban J connectivity index is 1.80. The van der Waals surface area contributed by atoms with E-state index in [1.165, 1.54) is 12.0 Å². The standard InChI is InChI=1S/C11H16N2O4/c1-17-10(15)4-5-12-8-6-9(14)13(11(8)16)7-2-3-7/h7-8,12H,2-6H2,1H3. The van der Waals surface area contributed by atoms with Crippen LogP contribution in [0.15, 0.2) is 0 Å². The molecule has 0 aromatic rings. The molecule has 0 spiro atoms. The summed E-state index contributed by atoms with van der Waals surface area (Å²) in [7, 11) is 1.32. The minimum absolute atomic E-state index is 0.104. The van der Waals surface area contributed by atoms with Gasteiger partial charge in [-0.3, -0.25) is 19.3 Å². The maximum absolute atomic E-state index is 11.9. The Morgan fingerprint density at radius 3 is 2.76 bits per heavy atom. The molecule has 1 N–H and O–H groups in total. The molecule has 1 saturated heterocycles. The highest BCUT2D eigenvalue weighted by Gasteiger charge is 2.45. The lowest BCUT2D eigenvalue weighted by Crippen LogP contribution is -2.40. The molecule has 2 fully saturated rings. The summed E-state index contributed by atoms with van der Waals surface area (Å²) >= 11 is 0. The number of hydrogen-bond donors (Lipinski definition) is 1. The second-order valence-electron chi connectivity index (χ2n) is 4.37. The van der Waals surface area contributed by atoms with Gasteiger partial charge in [0.05, 0.1) is 26.0 Å². The van der Waals surface area contributed by atoms with Gasteiger partial charge in [-0.1, -0.05) is 0 Å². The minimum Gasteiger partial charge on any atom is -0.469 e. The third kappa shape index (κ3) is 2.63. The third-order valence-corrected chi connectivity index (χ3v) is 3.04. The maximum Gasteiger partial charge on any atom is 0.306 e. The summed E-state index contributed by atoms with van der Waals surface area (Å²) in [6.45, 7) is 0.356. The van der Waals surface area contributed by atoms with Crippen molar-refractivity contribution in [2.24, 2.45) is 0 Å². The SMILES string of the molecule is COC(=O)CCNC1CC(=O)N(C2CC2)C1=O. The van der Waals surface area contributed by atoms with E-state index in [9.17, 15) is 14.4 Å². The van der Waals surface area contributed by atoms with Crippen molar-refractivity contribution in [3.8, 4) is 0 Å². The average molecular weight is 240 g/mol. The third-order valence-electron chi connectivity index (χ3n) is 3.04. The highest BCUT2D eigenvalue weighted by molar-refractivity contribution is 6.06. The molecule has 6 nitrogen and oxygen atoms in total. The number of carbonyl (C=O) groups is 3. The van der Waals surface area contributed by atoms with E-state index < -0.39 is 6.04 Å². The van der Waals surface area contributed by atoms with Gasteiger partial charge in [0.15, 0.2) is 0 Å². The molecule has 1 aliphatic heterocycles. The predicted molar refractivity (Wildman–Crippen MR) is 57.9 cm³/mol. The molecular formula is C11H16N2O4. The van der Waals surface area contributed by atoms with Crippen molar-refractivity contribution in [3.05, 3.63) is 0 Å². The van der Waals surface area contributed by atoms with Crippen molar-refractivity contribution in [2.75, 3.05) is 13.7 Å². The van der Waals surface area contributed by atoms with E-state index in [1.54, 1.807) is 0 Å². The van der Waals surface area contributed by atoms with E-state index in [0.29, 0.717) is 6.54 Å². The second kappa shape index (κ2) is 4.83. The molecule has 1 aliphatic carbocycles. The summed E-state index contributed by atoms with van der Waals surface area (Å²) in [5.74, 6) is -0.580. The van der Waals surface area contributed by atoms with Crippen molar-refractivity contribution < 1.29 is 19.1 Å². The lowest BCUT2D eigenvalue weighted by atomic mass is 10.2. The van der Waals surface area contributed by atoms with E-state index in [-0.39, 0.29) is 36.7 Å². The molecule has 94 valence electrons. The van der Waals surface area contributed by atoms with Gasteiger partial charge in [-0.25, -0.2) is 0 Å². The molecular weight excluding hydrogens is 224 g/mol. The van der Waals surface area contributed by atoms with Crippen LogP contribution in [0.4, 0.5) is 0 Å². The maximum atomic E-state index is 11.9. The number of hydrogen-bond acceptors (Lipinski definition) is 5. The largest absolute Gasteiger partial charge is 0.469 e. The normalized spacial score (nSPS) is 24.3. The lowest BCUT2D eigenvalue weighted by molar-refractivity contribution is -0.141. The molecule has 2 amide bonds. The van der Waals surface area contributed by atoms with Crippen molar-refractivity contribution in [1.82, 2.24) is 10.2 Å². The minimum atomic E-state index is -0.465. The molecule has 1 saturated carbocycles. The summed E-state index contributed by atoms with van der Waals surface area (Å²) in [5.41, 5.74) is 0. The van der Waals surface area contributed by atoms with Gasteiger partial charge in [0.25, 0.3) is 0 Å². The monoisotopic (exact) mass is 240 g/mol. The quantitative estimate of drug-likeness (QED) is 0.514. The fraction of sp³-hybridized carbons (Fsp3) is 0.727. The zero-order chi connectivity index (χ0) is 12.4. The van der Waals surface area contributed by atoms with Gasteiger partial charge in [0.2, 0.25) is 11.8 Å². The molecule has 6 heteroatoms. The van der Waals surface area contributed by atoms with Crippen molar-refractivity contribution in [3.63, 3.8) is 0 Å². The van der Waals surface area contributed by atoms with Gasteiger partial charge in [-0.05, 0) is 12.8 Å². The number of nitrogens with one attached hydrogen (secondary N) is 1. The number of carbonyl (C=O) groups excluding carboxylic acids is 3. The van der Waals surface area contributed by atoms with Crippen molar-refractivity contribution >= 4 is 17.8 Å². The van der Waals surface area contributed by atoms with Gasteiger partial charge >= 0.3 is 5.97 Å². The zero-order valence-electron chi connectivity index (χ0n) is 9.77. The van der Waals surface area contributed by atoms with E-state index in [0.717, 1.165) is 12.8 Å². The molecule has 0 aromatic heterocycles. The summed E-state index contributed by atoms with van der Waals surface area (Å²) in [4.78, 5) is 35.7. The number of methoxy groups -OCH3 is 1. The smallest absolute Gasteiger partial charge is 0.306 e. The Morgan fingerprint density at radius 2 is 2.18 bits per heavy atom. The Labute approximate surface area is 99.3 Å². The van der Waals surface area contributed by atoms with Crippen LogP contribution >= 0.6 is 0 Å². The topological polar surface area (TPSA) is 75.7 Å². The summed E-state index contributed by atoms with van der Waals surface area (Å²) < 4.78 is 4.49. The van der Waals surface area contributed by atoms with E-state index >= 15 is 0 Å². The first kappa shape index (κ1) is 12.0. The predicted octanol–water partition coefficient (Wildman–Crippen LogP) is -0.571.